The van der Waals surface area contributed by atoms with Crippen LogP contribution in [0, 0.1) is 0 Å². The third-order valence-corrected chi connectivity index (χ3v) is 11.0. The standard InChI is InChI=1S/C47H58B2N4O8/c1-34(2)47(57)51-27-15-29-53(31-36-17-6-12-23-44(36)49(60)61)33-42-39-20-9-7-18-37(39)41(38-19-8-10-21-40(38)42)32-52(30-35-16-5-11-22-43(35)48(58)59)28-14-4-3-13-26-50-45(54)24-25-46(55)56/h5-12,16-23,58-61H,1,3-4,13-15,24-33H2,2H3,(H,50,54)(H,51,57)(H,55,56). The number of amides is 2. The lowest BCUT2D eigenvalue weighted by molar-refractivity contribution is -0.138. The van der Waals surface area contributed by atoms with Crippen LogP contribution in [0.3, 0.4) is 0 Å². The predicted molar refractivity (Wildman–Crippen MR) is 243 cm³/mol. The molecule has 0 aliphatic heterocycles. The van der Waals surface area contributed by atoms with Gasteiger partial charge in [-0.15, -0.1) is 0 Å². The molecule has 0 bridgehead atoms. The summed E-state index contributed by atoms with van der Waals surface area (Å²) in [6.07, 6.45) is 3.90. The highest BCUT2D eigenvalue weighted by Gasteiger charge is 2.23. The second-order valence-electron chi connectivity index (χ2n) is 15.7. The molecule has 0 aliphatic rings. The minimum atomic E-state index is -1.62. The third kappa shape index (κ3) is 13.8. The highest BCUT2D eigenvalue weighted by atomic mass is 16.4. The van der Waals surface area contributed by atoms with E-state index in [1.807, 2.05) is 48.5 Å². The number of hydrogen-bond acceptors (Lipinski definition) is 9. The minimum Gasteiger partial charge on any atom is -0.481 e. The van der Waals surface area contributed by atoms with Crippen LogP contribution in [0.4, 0.5) is 0 Å². The van der Waals surface area contributed by atoms with E-state index in [9.17, 15) is 34.5 Å². The van der Waals surface area contributed by atoms with Gasteiger partial charge in [-0.05, 0) is 87.5 Å². The first-order valence-corrected chi connectivity index (χ1v) is 21.1. The van der Waals surface area contributed by atoms with Crippen molar-refractivity contribution in [3.8, 4) is 0 Å². The molecule has 0 saturated heterocycles. The summed E-state index contributed by atoms with van der Waals surface area (Å²) < 4.78 is 0. The Balaban J connectivity index is 1.44. The van der Waals surface area contributed by atoms with Crippen molar-refractivity contribution in [2.75, 3.05) is 26.2 Å². The Bertz CT molecular complexity index is 2210. The number of hydrogen-bond donors (Lipinski definition) is 7. The van der Waals surface area contributed by atoms with Crippen molar-refractivity contribution in [2.24, 2.45) is 0 Å². The monoisotopic (exact) mass is 828 g/mol. The van der Waals surface area contributed by atoms with Crippen LogP contribution in [0.1, 0.15) is 74.1 Å². The Morgan fingerprint density at radius 1 is 0.557 bits per heavy atom. The minimum absolute atomic E-state index is 0.0296. The van der Waals surface area contributed by atoms with E-state index in [1.165, 1.54) is 0 Å². The summed E-state index contributed by atoms with van der Waals surface area (Å²) in [6, 6.07) is 31.5. The molecule has 0 fully saturated rings. The number of carbonyl (C=O) groups excluding carboxylic acids is 2. The molecule has 2 amide bonds. The number of carboxylic acids is 1. The normalized spacial score (nSPS) is 11.3. The molecule has 0 aromatic heterocycles. The van der Waals surface area contributed by atoms with Gasteiger partial charge in [-0.2, -0.15) is 0 Å². The van der Waals surface area contributed by atoms with E-state index in [2.05, 4.69) is 51.3 Å². The number of rotatable bonds is 25. The molecular formula is C47H58B2N4O8. The quantitative estimate of drug-likeness (QED) is 0.0197. The Morgan fingerprint density at radius 3 is 1.44 bits per heavy atom. The molecule has 0 saturated carbocycles. The number of benzene rings is 5. The number of nitrogens with zero attached hydrogens (tertiary/aromatic N) is 2. The van der Waals surface area contributed by atoms with E-state index in [0.29, 0.717) is 68.7 Å². The number of carbonyl (C=O) groups is 3. The lowest BCUT2D eigenvalue weighted by Gasteiger charge is -2.28. The molecule has 320 valence electrons. The average molecular weight is 829 g/mol. The van der Waals surface area contributed by atoms with Crippen LogP contribution in [-0.2, 0) is 40.6 Å². The van der Waals surface area contributed by atoms with Gasteiger partial charge < -0.3 is 35.8 Å². The highest BCUT2D eigenvalue weighted by Crippen LogP contribution is 2.35. The Labute approximate surface area is 359 Å². The first-order valence-electron chi connectivity index (χ1n) is 21.1. The van der Waals surface area contributed by atoms with Crippen LogP contribution in [0.5, 0.6) is 0 Å². The number of fused-ring (bicyclic) bond motifs is 2. The van der Waals surface area contributed by atoms with E-state index >= 15 is 0 Å². The number of nitrogens with one attached hydrogen (secondary N) is 2. The van der Waals surface area contributed by atoms with Crippen molar-refractivity contribution in [1.82, 2.24) is 20.4 Å². The van der Waals surface area contributed by atoms with Gasteiger partial charge >= 0.3 is 20.2 Å². The average Bonchev–Trinajstić information content (AvgIpc) is 3.24. The van der Waals surface area contributed by atoms with Crippen molar-refractivity contribution >= 4 is 64.5 Å². The number of carboxylic acid groups (broad SMARTS) is 1. The Morgan fingerprint density at radius 2 is 0.984 bits per heavy atom. The van der Waals surface area contributed by atoms with Gasteiger partial charge in [0.15, 0.2) is 0 Å². The second-order valence-corrected chi connectivity index (χ2v) is 15.7. The van der Waals surface area contributed by atoms with Crippen molar-refractivity contribution in [1.29, 1.82) is 0 Å². The van der Waals surface area contributed by atoms with Crippen molar-refractivity contribution in [2.45, 2.75) is 78.0 Å². The fourth-order valence-corrected chi connectivity index (χ4v) is 7.87. The van der Waals surface area contributed by atoms with Gasteiger partial charge in [-0.1, -0.05) is 116 Å². The summed E-state index contributed by atoms with van der Waals surface area (Å²) in [4.78, 5) is 39.7. The summed E-state index contributed by atoms with van der Waals surface area (Å²) in [5.41, 5.74) is 5.29. The molecule has 0 spiro atoms. The summed E-state index contributed by atoms with van der Waals surface area (Å²) in [7, 11) is -3.23. The summed E-state index contributed by atoms with van der Waals surface area (Å²) >= 11 is 0. The molecule has 61 heavy (non-hydrogen) atoms. The van der Waals surface area contributed by atoms with Crippen LogP contribution in [-0.4, -0.2) is 93.2 Å². The van der Waals surface area contributed by atoms with Gasteiger partial charge in [0, 0.05) is 57.8 Å². The maximum atomic E-state index is 12.3. The van der Waals surface area contributed by atoms with Gasteiger partial charge in [0.25, 0.3) is 0 Å². The molecule has 5 aromatic carbocycles. The zero-order valence-electron chi connectivity index (χ0n) is 35.1. The smallest absolute Gasteiger partial charge is 0.481 e. The molecular weight excluding hydrogens is 770 g/mol. The SMILES string of the molecule is C=C(C)C(=O)NCCCN(Cc1ccccc1B(O)O)Cc1c2ccccc2c(CN(CCCCCCNC(=O)CCC(=O)O)Cc2ccccc2B(O)O)c2ccccc12. The van der Waals surface area contributed by atoms with Gasteiger partial charge in [-0.3, -0.25) is 24.2 Å². The van der Waals surface area contributed by atoms with E-state index in [1.54, 1.807) is 31.2 Å². The largest absolute Gasteiger partial charge is 0.488 e. The zero-order valence-corrected chi connectivity index (χ0v) is 35.1. The molecule has 12 nitrogen and oxygen atoms in total. The van der Waals surface area contributed by atoms with E-state index in [-0.39, 0.29) is 24.7 Å². The molecule has 0 heterocycles. The predicted octanol–water partition coefficient (Wildman–Crippen LogP) is 3.98. The van der Waals surface area contributed by atoms with Crippen molar-refractivity contribution in [3.63, 3.8) is 0 Å². The topological polar surface area (TPSA) is 183 Å². The summed E-state index contributed by atoms with van der Waals surface area (Å²) in [5.74, 6) is -1.43. The highest BCUT2D eigenvalue weighted by molar-refractivity contribution is 6.59. The zero-order chi connectivity index (χ0) is 43.7. The lowest BCUT2D eigenvalue weighted by Crippen LogP contribution is -2.36. The molecule has 5 aromatic rings. The van der Waals surface area contributed by atoms with Gasteiger partial charge in [0.1, 0.15) is 0 Å². The van der Waals surface area contributed by atoms with E-state index < -0.39 is 20.2 Å². The molecule has 7 N–H and O–H groups in total. The molecule has 0 atom stereocenters. The van der Waals surface area contributed by atoms with Crippen LogP contribution in [0.15, 0.2) is 109 Å². The van der Waals surface area contributed by atoms with Crippen molar-refractivity contribution < 1.29 is 39.6 Å². The van der Waals surface area contributed by atoms with Gasteiger partial charge in [-0.25, -0.2) is 0 Å². The summed E-state index contributed by atoms with van der Waals surface area (Å²) in [6.45, 7) is 9.82. The Hall–Kier alpha value is -5.34. The maximum absolute atomic E-state index is 12.3. The van der Waals surface area contributed by atoms with Crippen LogP contribution in [0.25, 0.3) is 21.5 Å². The van der Waals surface area contributed by atoms with Gasteiger partial charge in [0.05, 0.1) is 6.42 Å². The van der Waals surface area contributed by atoms with Gasteiger partial charge in [0.2, 0.25) is 11.8 Å². The lowest BCUT2D eigenvalue weighted by atomic mass is 9.77. The van der Waals surface area contributed by atoms with Crippen molar-refractivity contribution in [3.05, 3.63) is 131 Å². The fourth-order valence-electron chi connectivity index (χ4n) is 7.87. The first-order chi connectivity index (χ1) is 29.4. The number of aliphatic carboxylic acids is 1. The van der Waals surface area contributed by atoms with E-state index in [0.717, 1.165) is 76.0 Å². The molecule has 0 radical (unpaired) electrons. The second kappa shape index (κ2) is 23.6. The van der Waals surface area contributed by atoms with Crippen LogP contribution < -0.4 is 21.6 Å². The molecule has 0 aliphatic carbocycles. The molecule has 0 unspecified atom stereocenters. The van der Waals surface area contributed by atoms with Crippen LogP contribution >= 0.6 is 0 Å². The van der Waals surface area contributed by atoms with Crippen LogP contribution in [0.2, 0.25) is 0 Å². The Kier molecular flexibility index (Phi) is 18.1. The maximum Gasteiger partial charge on any atom is 0.488 e. The summed E-state index contributed by atoms with van der Waals surface area (Å²) in [5, 5.41) is 60.0. The fraction of sp³-hybridized carbons (Fsp3) is 0.340. The number of unbranched alkanes of at least 4 members (excludes halogenated alkanes) is 3. The van der Waals surface area contributed by atoms with E-state index in [4.69, 9.17) is 5.11 Å². The first kappa shape index (κ1) is 46.7. The molecule has 14 heteroatoms. The third-order valence-electron chi connectivity index (χ3n) is 11.0. The molecule has 5 rings (SSSR count).